The van der Waals surface area contributed by atoms with E-state index >= 15 is 0 Å². The number of likely N-dealkylation sites (N-methyl/N-ethyl adjacent to an activating group) is 1. The standard InChI is InChI=1S/C7H15N2O/c1-6-7(4-9(2)3)10-5-8-6/h6-7H,4-5H2,1-3H3. The Labute approximate surface area is 62.3 Å². The minimum absolute atomic E-state index is 0.315. The molecular weight excluding hydrogens is 128 g/mol. The monoisotopic (exact) mass is 143 g/mol. The maximum Gasteiger partial charge on any atom is 0.113 e. The van der Waals surface area contributed by atoms with Crippen LogP contribution in [0.2, 0.25) is 0 Å². The Hall–Kier alpha value is -0.120. The first-order valence-corrected chi connectivity index (χ1v) is 3.63. The molecule has 1 rings (SSSR count). The van der Waals surface area contributed by atoms with E-state index in [1.165, 1.54) is 0 Å². The van der Waals surface area contributed by atoms with E-state index in [-0.39, 0.29) is 0 Å². The summed E-state index contributed by atoms with van der Waals surface area (Å²) in [6, 6.07) is 0.377. The molecule has 59 valence electrons. The Morgan fingerprint density at radius 3 is 2.70 bits per heavy atom. The van der Waals surface area contributed by atoms with Crippen molar-refractivity contribution in [2.24, 2.45) is 0 Å². The lowest BCUT2D eigenvalue weighted by molar-refractivity contribution is 0.0816. The largest absolute Gasteiger partial charge is 0.359 e. The van der Waals surface area contributed by atoms with Gasteiger partial charge in [0.05, 0.1) is 12.1 Å². The van der Waals surface area contributed by atoms with E-state index in [0.717, 1.165) is 6.54 Å². The minimum Gasteiger partial charge on any atom is -0.359 e. The van der Waals surface area contributed by atoms with Crippen molar-refractivity contribution in [3.63, 3.8) is 0 Å². The molecule has 1 aliphatic heterocycles. The third-order valence-corrected chi connectivity index (χ3v) is 1.73. The summed E-state index contributed by atoms with van der Waals surface area (Å²) in [4.78, 5) is 2.13. The van der Waals surface area contributed by atoms with Crippen LogP contribution in [0.15, 0.2) is 0 Å². The molecule has 1 radical (unpaired) electrons. The van der Waals surface area contributed by atoms with Crippen molar-refractivity contribution in [3.8, 4) is 0 Å². The molecule has 3 heteroatoms. The van der Waals surface area contributed by atoms with Gasteiger partial charge < -0.3 is 9.64 Å². The van der Waals surface area contributed by atoms with Gasteiger partial charge >= 0.3 is 0 Å². The molecule has 0 aromatic rings. The average molecular weight is 143 g/mol. The summed E-state index contributed by atoms with van der Waals surface area (Å²) in [5.74, 6) is 0. The van der Waals surface area contributed by atoms with Crippen LogP contribution in [0.4, 0.5) is 0 Å². The molecule has 0 spiro atoms. The van der Waals surface area contributed by atoms with Gasteiger partial charge in [0.1, 0.15) is 6.73 Å². The zero-order valence-corrected chi connectivity index (χ0v) is 6.87. The summed E-state index contributed by atoms with van der Waals surface area (Å²) in [6.45, 7) is 3.66. The predicted octanol–water partition coefficient (Wildman–Crippen LogP) is -0.103. The molecular formula is C7H15N2O. The highest BCUT2D eigenvalue weighted by Gasteiger charge is 2.24. The van der Waals surface area contributed by atoms with Gasteiger partial charge in [0.15, 0.2) is 0 Å². The quantitative estimate of drug-likeness (QED) is 0.539. The maximum absolute atomic E-state index is 5.37. The number of hydrogen-bond acceptors (Lipinski definition) is 2. The Bertz CT molecular complexity index is 106. The second kappa shape index (κ2) is 3.32. The molecule has 1 fully saturated rings. The van der Waals surface area contributed by atoms with Crippen LogP contribution in [-0.2, 0) is 4.74 Å². The first-order valence-electron chi connectivity index (χ1n) is 3.63. The Morgan fingerprint density at radius 1 is 1.60 bits per heavy atom. The molecule has 0 aliphatic carbocycles. The normalized spacial score (nSPS) is 33.6. The Kier molecular flexibility index (Phi) is 2.65. The van der Waals surface area contributed by atoms with Crippen LogP contribution in [0.1, 0.15) is 6.92 Å². The van der Waals surface area contributed by atoms with Gasteiger partial charge in [-0.3, -0.25) is 0 Å². The third-order valence-electron chi connectivity index (χ3n) is 1.73. The summed E-state index contributed by atoms with van der Waals surface area (Å²) in [5.41, 5.74) is 0. The van der Waals surface area contributed by atoms with Crippen LogP contribution in [0.5, 0.6) is 0 Å². The lowest BCUT2D eigenvalue weighted by atomic mass is 10.2. The number of nitrogens with zero attached hydrogens (tertiary/aromatic N) is 2. The second-order valence-corrected chi connectivity index (χ2v) is 3.02. The van der Waals surface area contributed by atoms with Crippen molar-refractivity contribution in [2.45, 2.75) is 19.1 Å². The molecule has 0 aromatic heterocycles. The fourth-order valence-corrected chi connectivity index (χ4v) is 1.08. The van der Waals surface area contributed by atoms with Crippen LogP contribution < -0.4 is 5.32 Å². The molecule has 0 bridgehead atoms. The third kappa shape index (κ3) is 1.94. The van der Waals surface area contributed by atoms with Crippen LogP contribution >= 0.6 is 0 Å². The predicted molar refractivity (Wildman–Crippen MR) is 39.9 cm³/mol. The molecule has 0 amide bonds. The van der Waals surface area contributed by atoms with Gasteiger partial charge in [-0.1, -0.05) is 0 Å². The van der Waals surface area contributed by atoms with E-state index in [1.54, 1.807) is 0 Å². The van der Waals surface area contributed by atoms with Gasteiger partial charge in [0.25, 0.3) is 0 Å². The maximum atomic E-state index is 5.37. The minimum atomic E-state index is 0.315. The zero-order chi connectivity index (χ0) is 7.56. The van der Waals surface area contributed by atoms with Crippen LogP contribution in [0.3, 0.4) is 0 Å². The molecule has 0 aromatic carbocycles. The number of ether oxygens (including phenoxy) is 1. The first-order chi connectivity index (χ1) is 4.70. The highest BCUT2D eigenvalue weighted by Crippen LogP contribution is 2.07. The fraction of sp³-hybridized carbons (Fsp3) is 1.00. The van der Waals surface area contributed by atoms with Crippen molar-refractivity contribution >= 4 is 0 Å². The fourth-order valence-electron chi connectivity index (χ4n) is 1.08. The summed E-state index contributed by atoms with van der Waals surface area (Å²) >= 11 is 0. The van der Waals surface area contributed by atoms with Crippen molar-refractivity contribution in [2.75, 3.05) is 27.4 Å². The average Bonchev–Trinajstić information content (AvgIpc) is 2.15. The molecule has 3 nitrogen and oxygen atoms in total. The van der Waals surface area contributed by atoms with Crippen LogP contribution in [-0.4, -0.2) is 44.4 Å². The van der Waals surface area contributed by atoms with E-state index in [4.69, 9.17) is 4.74 Å². The molecule has 2 unspecified atom stereocenters. The lowest BCUT2D eigenvalue weighted by Crippen LogP contribution is -2.33. The van der Waals surface area contributed by atoms with E-state index in [2.05, 4.69) is 31.2 Å². The van der Waals surface area contributed by atoms with E-state index < -0.39 is 0 Å². The molecule has 1 saturated heterocycles. The van der Waals surface area contributed by atoms with Crippen molar-refractivity contribution in [1.82, 2.24) is 10.2 Å². The van der Waals surface area contributed by atoms with E-state index in [0.29, 0.717) is 18.9 Å². The number of rotatable bonds is 2. The van der Waals surface area contributed by atoms with Gasteiger partial charge in [0.2, 0.25) is 0 Å². The molecule has 1 aliphatic rings. The van der Waals surface area contributed by atoms with E-state index in [9.17, 15) is 0 Å². The smallest absolute Gasteiger partial charge is 0.113 e. The lowest BCUT2D eigenvalue weighted by Gasteiger charge is -2.17. The van der Waals surface area contributed by atoms with Crippen molar-refractivity contribution < 1.29 is 4.74 Å². The molecule has 0 saturated carbocycles. The highest BCUT2D eigenvalue weighted by atomic mass is 16.5. The summed E-state index contributed by atoms with van der Waals surface area (Å²) in [6.07, 6.45) is 0.315. The summed E-state index contributed by atoms with van der Waals surface area (Å²) in [7, 11) is 4.10. The summed E-state index contributed by atoms with van der Waals surface area (Å²) in [5, 5.41) is 4.22. The van der Waals surface area contributed by atoms with Crippen molar-refractivity contribution in [3.05, 3.63) is 0 Å². The van der Waals surface area contributed by atoms with E-state index in [1.807, 2.05) is 0 Å². The van der Waals surface area contributed by atoms with Gasteiger partial charge in [-0.25, -0.2) is 5.32 Å². The molecule has 0 N–H and O–H groups in total. The zero-order valence-electron chi connectivity index (χ0n) is 6.87. The van der Waals surface area contributed by atoms with Gasteiger partial charge in [0, 0.05) is 6.54 Å². The first kappa shape index (κ1) is 7.98. The summed E-state index contributed by atoms with van der Waals surface area (Å²) < 4.78 is 5.37. The van der Waals surface area contributed by atoms with Gasteiger partial charge in [-0.2, -0.15) is 0 Å². The Morgan fingerprint density at radius 2 is 2.30 bits per heavy atom. The van der Waals surface area contributed by atoms with Crippen molar-refractivity contribution in [1.29, 1.82) is 0 Å². The SMILES string of the molecule is CC1[N]COC1CN(C)C. The van der Waals surface area contributed by atoms with Crippen LogP contribution in [0.25, 0.3) is 0 Å². The molecule has 1 heterocycles. The topological polar surface area (TPSA) is 26.6 Å². The van der Waals surface area contributed by atoms with Gasteiger partial charge in [-0.05, 0) is 21.0 Å². The molecule has 2 atom stereocenters. The Balaban J connectivity index is 2.26. The van der Waals surface area contributed by atoms with Gasteiger partial charge in [-0.15, -0.1) is 0 Å². The second-order valence-electron chi connectivity index (χ2n) is 3.02. The highest BCUT2D eigenvalue weighted by molar-refractivity contribution is 4.77. The van der Waals surface area contributed by atoms with Crippen LogP contribution in [0, 0.1) is 0 Å². The molecule has 10 heavy (non-hydrogen) atoms. The number of hydrogen-bond donors (Lipinski definition) is 0.